The fourth-order valence-electron chi connectivity index (χ4n) is 0.524. The molecule has 0 bridgehead atoms. The van der Waals surface area contributed by atoms with Crippen molar-refractivity contribution in [1.29, 1.82) is 0 Å². The van der Waals surface area contributed by atoms with E-state index in [1.807, 2.05) is 0 Å². The molecule has 0 aliphatic carbocycles. The average molecular weight is 313 g/mol. The van der Waals surface area contributed by atoms with Crippen molar-refractivity contribution in [2.45, 2.75) is 6.18 Å². The summed E-state index contributed by atoms with van der Waals surface area (Å²) < 4.78 is 36.1. The van der Waals surface area contributed by atoms with Crippen LogP contribution in [0.15, 0.2) is 6.20 Å². The molecule has 0 fully saturated rings. The molecule has 0 atom stereocenters. The van der Waals surface area contributed by atoms with Gasteiger partial charge in [-0.15, -0.1) is 11.6 Å². The SMILES string of the molecule is FC(F)(F)c1[c-]c(I)c(Cl)nc1.[Li+]. The van der Waals surface area contributed by atoms with Gasteiger partial charge in [-0.3, -0.25) is 0 Å². The van der Waals surface area contributed by atoms with Crippen molar-refractivity contribution >= 4 is 34.2 Å². The van der Waals surface area contributed by atoms with E-state index in [0.717, 1.165) is 0 Å². The number of aromatic nitrogens is 1. The third-order valence-electron chi connectivity index (χ3n) is 1.04. The van der Waals surface area contributed by atoms with Gasteiger partial charge in [-0.25, -0.2) is 0 Å². The molecule has 0 aliphatic rings. The van der Waals surface area contributed by atoms with Crippen LogP contribution in [-0.4, -0.2) is 4.98 Å². The summed E-state index contributed by atoms with van der Waals surface area (Å²) in [5.74, 6) is 0. The predicted octanol–water partition coefficient (Wildman–Crippen LogP) is 0.163. The summed E-state index contributed by atoms with van der Waals surface area (Å²) in [6.07, 6.45) is -3.75. The monoisotopic (exact) mass is 313 g/mol. The van der Waals surface area contributed by atoms with Crippen LogP contribution in [0.3, 0.4) is 0 Å². The Hall–Kier alpha value is 0.557. The van der Waals surface area contributed by atoms with Gasteiger partial charge in [0, 0.05) is 5.15 Å². The average Bonchev–Trinajstić information content (AvgIpc) is 1.92. The minimum absolute atomic E-state index is 0. The summed E-state index contributed by atoms with van der Waals surface area (Å²) in [5, 5.41) is 0.0311. The van der Waals surface area contributed by atoms with E-state index in [1.54, 1.807) is 22.6 Å². The minimum Gasteiger partial charge on any atom is -0.371 e. The Kier molecular flexibility index (Phi) is 5.08. The Morgan fingerprint density at radius 1 is 1.46 bits per heavy atom. The van der Waals surface area contributed by atoms with Gasteiger partial charge in [0.25, 0.3) is 0 Å². The maximum Gasteiger partial charge on any atom is 1.00 e. The van der Waals surface area contributed by atoms with Crippen molar-refractivity contribution in [1.82, 2.24) is 4.98 Å². The van der Waals surface area contributed by atoms with Crippen LogP contribution >= 0.6 is 34.2 Å². The van der Waals surface area contributed by atoms with Gasteiger partial charge in [0.05, 0.1) is 0 Å². The van der Waals surface area contributed by atoms with Crippen LogP contribution in [0.2, 0.25) is 5.15 Å². The van der Waals surface area contributed by atoms with Gasteiger partial charge in [-0.2, -0.15) is 19.2 Å². The summed E-state index contributed by atoms with van der Waals surface area (Å²) in [7, 11) is 0. The summed E-state index contributed by atoms with van der Waals surface area (Å²) in [5.41, 5.74) is -0.906. The number of hydrogen-bond donors (Lipinski definition) is 0. The molecular formula is C6HClF3ILiN. The molecule has 0 saturated heterocycles. The van der Waals surface area contributed by atoms with Gasteiger partial charge >= 0.3 is 25.0 Å². The Bertz CT molecular complexity index is 304. The van der Waals surface area contributed by atoms with E-state index >= 15 is 0 Å². The molecule has 1 nitrogen and oxygen atoms in total. The smallest absolute Gasteiger partial charge is 0.371 e. The molecule has 0 N–H and O–H groups in total. The van der Waals surface area contributed by atoms with Gasteiger partial charge in [0.2, 0.25) is 0 Å². The van der Waals surface area contributed by atoms with E-state index in [4.69, 9.17) is 11.6 Å². The molecule has 0 unspecified atom stereocenters. The molecule has 7 heteroatoms. The molecule has 1 heterocycles. The first-order chi connectivity index (χ1) is 5.41. The molecule has 1 aromatic heterocycles. The zero-order valence-electron chi connectivity index (χ0n) is 6.41. The van der Waals surface area contributed by atoms with Crippen LogP contribution in [-0.2, 0) is 6.18 Å². The number of pyridine rings is 1. The molecular weight excluding hydrogens is 312 g/mol. The topological polar surface area (TPSA) is 12.9 Å². The predicted molar refractivity (Wildman–Crippen MR) is 45.8 cm³/mol. The van der Waals surface area contributed by atoms with E-state index in [1.165, 1.54) is 0 Å². The maximum atomic E-state index is 12.0. The molecule has 1 rings (SSSR count). The zero-order chi connectivity index (χ0) is 9.35. The largest absolute Gasteiger partial charge is 1.00 e. The van der Waals surface area contributed by atoms with E-state index in [-0.39, 0.29) is 27.6 Å². The molecule has 0 amide bonds. The van der Waals surface area contributed by atoms with Crippen LogP contribution in [0.25, 0.3) is 0 Å². The van der Waals surface area contributed by atoms with Crippen LogP contribution in [0.4, 0.5) is 13.2 Å². The maximum absolute atomic E-state index is 12.0. The van der Waals surface area contributed by atoms with E-state index < -0.39 is 11.7 Å². The fourth-order valence-corrected chi connectivity index (χ4v) is 1.05. The van der Waals surface area contributed by atoms with Crippen molar-refractivity contribution in [3.8, 4) is 0 Å². The van der Waals surface area contributed by atoms with Gasteiger partial charge in [-0.05, 0) is 5.56 Å². The first-order valence-electron chi connectivity index (χ1n) is 2.72. The fraction of sp³-hybridized carbons (Fsp3) is 0.167. The molecule has 0 aromatic carbocycles. The third-order valence-corrected chi connectivity index (χ3v) is 2.42. The van der Waals surface area contributed by atoms with Crippen molar-refractivity contribution in [2.24, 2.45) is 0 Å². The second kappa shape index (κ2) is 4.87. The van der Waals surface area contributed by atoms with Gasteiger partial charge in [-0.1, -0.05) is 32.4 Å². The van der Waals surface area contributed by atoms with Crippen LogP contribution < -0.4 is 18.9 Å². The first kappa shape index (κ1) is 13.6. The van der Waals surface area contributed by atoms with Crippen molar-refractivity contribution < 1.29 is 32.0 Å². The van der Waals surface area contributed by atoms with Crippen molar-refractivity contribution in [2.75, 3.05) is 0 Å². The first-order valence-corrected chi connectivity index (χ1v) is 4.17. The Morgan fingerprint density at radius 3 is 2.38 bits per heavy atom. The summed E-state index contributed by atoms with van der Waals surface area (Å²) >= 11 is 7.05. The van der Waals surface area contributed by atoms with E-state index in [9.17, 15) is 13.2 Å². The molecule has 0 aliphatic heterocycles. The number of halogens is 5. The minimum atomic E-state index is -4.41. The second-order valence-corrected chi connectivity index (χ2v) is 3.34. The van der Waals surface area contributed by atoms with Crippen molar-refractivity contribution in [3.63, 3.8) is 0 Å². The van der Waals surface area contributed by atoms with Crippen LogP contribution in [0, 0.1) is 9.64 Å². The standard InChI is InChI=1S/C6HClF3IN.Li/c7-5-4(11)1-3(2-12-5)6(8,9)10;/h2H;/q-1;+1. The molecule has 1 aromatic rings. The van der Waals surface area contributed by atoms with Gasteiger partial charge < -0.3 is 4.98 Å². The summed E-state index contributed by atoms with van der Waals surface area (Å²) in [6, 6.07) is 2.08. The van der Waals surface area contributed by atoms with Gasteiger partial charge in [0.15, 0.2) is 0 Å². The Balaban J connectivity index is 0.00000144. The Morgan fingerprint density at radius 2 is 2.00 bits per heavy atom. The van der Waals surface area contributed by atoms with Crippen LogP contribution in [0.5, 0.6) is 0 Å². The molecule has 66 valence electrons. The van der Waals surface area contributed by atoms with E-state index in [0.29, 0.717) is 6.20 Å². The number of nitrogens with zero attached hydrogens (tertiary/aromatic N) is 1. The number of rotatable bonds is 0. The normalized spacial score (nSPS) is 10.8. The molecule has 0 saturated carbocycles. The number of alkyl halides is 3. The zero-order valence-corrected chi connectivity index (χ0v) is 9.33. The second-order valence-electron chi connectivity index (χ2n) is 1.90. The summed E-state index contributed by atoms with van der Waals surface area (Å²) in [4.78, 5) is 3.35. The number of hydrogen-bond acceptors (Lipinski definition) is 1. The van der Waals surface area contributed by atoms with Gasteiger partial charge in [0.1, 0.15) is 0 Å². The van der Waals surface area contributed by atoms with Crippen molar-refractivity contribution in [3.05, 3.63) is 26.5 Å². The molecule has 13 heavy (non-hydrogen) atoms. The quantitative estimate of drug-likeness (QED) is 0.288. The van der Waals surface area contributed by atoms with E-state index in [2.05, 4.69) is 11.1 Å². The molecule has 0 spiro atoms. The summed E-state index contributed by atoms with van der Waals surface area (Å²) in [6.45, 7) is 0. The third kappa shape index (κ3) is 3.66. The Labute approximate surface area is 103 Å². The van der Waals surface area contributed by atoms with Crippen LogP contribution in [0.1, 0.15) is 5.56 Å². The molecule has 0 radical (unpaired) electrons.